The SMILES string of the molecule is C1CCC2N=NCC2C1. The van der Waals surface area contributed by atoms with Crippen LogP contribution in [0.2, 0.25) is 0 Å². The van der Waals surface area contributed by atoms with E-state index in [4.69, 9.17) is 0 Å². The van der Waals surface area contributed by atoms with Gasteiger partial charge >= 0.3 is 0 Å². The van der Waals surface area contributed by atoms with Crippen LogP contribution in [0.1, 0.15) is 25.7 Å². The van der Waals surface area contributed by atoms with Gasteiger partial charge in [0.15, 0.2) is 0 Å². The molecule has 0 N–H and O–H groups in total. The zero-order valence-electron chi connectivity index (χ0n) is 5.58. The molecule has 2 nitrogen and oxygen atoms in total. The first-order valence-corrected chi connectivity index (χ1v) is 3.83. The van der Waals surface area contributed by atoms with E-state index in [0.29, 0.717) is 6.04 Å². The summed E-state index contributed by atoms with van der Waals surface area (Å²) in [5.74, 6) is 0.832. The molecule has 9 heavy (non-hydrogen) atoms. The first-order chi connectivity index (χ1) is 4.47. The van der Waals surface area contributed by atoms with Crippen molar-refractivity contribution in [1.82, 2.24) is 0 Å². The van der Waals surface area contributed by atoms with Crippen LogP contribution < -0.4 is 0 Å². The van der Waals surface area contributed by atoms with Gasteiger partial charge < -0.3 is 0 Å². The summed E-state index contributed by atoms with van der Waals surface area (Å²) in [7, 11) is 0. The van der Waals surface area contributed by atoms with Crippen LogP contribution >= 0.6 is 0 Å². The van der Waals surface area contributed by atoms with Crippen molar-refractivity contribution >= 4 is 0 Å². The molecular weight excluding hydrogens is 112 g/mol. The highest BCUT2D eigenvalue weighted by Gasteiger charge is 2.27. The van der Waals surface area contributed by atoms with Crippen LogP contribution in [0.25, 0.3) is 0 Å². The lowest BCUT2D eigenvalue weighted by Crippen LogP contribution is -2.20. The van der Waals surface area contributed by atoms with E-state index in [9.17, 15) is 0 Å². The summed E-state index contributed by atoms with van der Waals surface area (Å²) < 4.78 is 0. The highest BCUT2D eigenvalue weighted by molar-refractivity contribution is 4.84. The quantitative estimate of drug-likeness (QED) is 0.472. The first kappa shape index (κ1) is 5.39. The maximum Gasteiger partial charge on any atom is 0.0754 e. The van der Waals surface area contributed by atoms with E-state index < -0.39 is 0 Å². The van der Waals surface area contributed by atoms with Gasteiger partial charge in [0.25, 0.3) is 0 Å². The second kappa shape index (κ2) is 2.09. The number of hydrogen-bond donors (Lipinski definition) is 0. The molecule has 0 amide bonds. The summed E-state index contributed by atoms with van der Waals surface area (Å²) in [6.45, 7) is 1.02. The van der Waals surface area contributed by atoms with E-state index in [2.05, 4.69) is 10.2 Å². The van der Waals surface area contributed by atoms with Crippen LogP contribution in [-0.2, 0) is 0 Å². The van der Waals surface area contributed by atoms with Gasteiger partial charge in [-0.2, -0.15) is 10.2 Å². The first-order valence-electron chi connectivity index (χ1n) is 3.83. The third kappa shape index (κ3) is 0.865. The minimum Gasteiger partial charge on any atom is -0.194 e. The second-order valence-corrected chi connectivity index (χ2v) is 3.05. The predicted molar refractivity (Wildman–Crippen MR) is 35.5 cm³/mol. The van der Waals surface area contributed by atoms with Gasteiger partial charge in [-0.25, -0.2) is 0 Å². The van der Waals surface area contributed by atoms with Gasteiger partial charge in [0, 0.05) is 5.92 Å². The monoisotopic (exact) mass is 124 g/mol. The normalized spacial score (nSPS) is 40.9. The van der Waals surface area contributed by atoms with E-state index >= 15 is 0 Å². The molecule has 1 saturated carbocycles. The summed E-state index contributed by atoms with van der Waals surface area (Å²) in [6.07, 6.45) is 5.46. The Labute approximate surface area is 55.4 Å². The maximum absolute atomic E-state index is 4.18. The fourth-order valence-electron chi connectivity index (χ4n) is 1.81. The number of fused-ring (bicyclic) bond motifs is 1. The average molecular weight is 124 g/mol. The second-order valence-electron chi connectivity index (χ2n) is 3.05. The molecule has 0 aromatic heterocycles. The van der Waals surface area contributed by atoms with Crippen molar-refractivity contribution in [3.8, 4) is 0 Å². The standard InChI is InChI=1S/C7H12N2/c1-2-4-7-6(3-1)5-8-9-7/h6-7H,1-5H2. The fourth-order valence-corrected chi connectivity index (χ4v) is 1.81. The van der Waals surface area contributed by atoms with Crippen LogP contribution in [-0.4, -0.2) is 12.6 Å². The van der Waals surface area contributed by atoms with Gasteiger partial charge in [-0.15, -0.1) is 0 Å². The van der Waals surface area contributed by atoms with Crippen molar-refractivity contribution in [1.29, 1.82) is 0 Å². The van der Waals surface area contributed by atoms with Crippen LogP contribution in [0.3, 0.4) is 0 Å². The number of hydrogen-bond acceptors (Lipinski definition) is 2. The highest BCUT2D eigenvalue weighted by Crippen LogP contribution is 2.30. The topological polar surface area (TPSA) is 24.7 Å². The van der Waals surface area contributed by atoms with E-state index in [0.717, 1.165) is 12.5 Å². The smallest absolute Gasteiger partial charge is 0.0754 e. The van der Waals surface area contributed by atoms with Crippen LogP contribution in [0, 0.1) is 5.92 Å². The Morgan fingerprint density at radius 1 is 1.11 bits per heavy atom. The molecule has 2 rings (SSSR count). The Hall–Kier alpha value is -0.400. The van der Waals surface area contributed by atoms with Crippen molar-refractivity contribution in [3.63, 3.8) is 0 Å². The predicted octanol–water partition coefficient (Wildman–Crippen LogP) is 2.01. The molecule has 0 saturated heterocycles. The van der Waals surface area contributed by atoms with Gasteiger partial charge in [0.05, 0.1) is 12.6 Å². The molecule has 0 radical (unpaired) electrons. The van der Waals surface area contributed by atoms with Crippen molar-refractivity contribution in [3.05, 3.63) is 0 Å². The zero-order valence-corrected chi connectivity index (χ0v) is 5.58. The molecule has 1 aliphatic heterocycles. The van der Waals surface area contributed by atoms with Gasteiger partial charge in [-0.1, -0.05) is 12.8 Å². The molecule has 1 aliphatic carbocycles. The van der Waals surface area contributed by atoms with Gasteiger partial charge in [0.1, 0.15) is 0 Å². The Morgan fingerprint density at radius 2 is 2.00 bits per heavy atom. The molecule has 0 spiro atoms. The summed E-state index contributed by atoms with van der Waals surface area (Å²) in [5, 5.41) is 8.24. The van der Waals surface area contributed by atoms with E-state index in [1.807, 2.05) is 0 Å². The molecule has 0 aromatic rings. The number of azo groups is 1. The van der Waals surface area contributed by atoms with Gasteiger partial charge in [-0.3, -0.25) is 0 Å². The Kier molecular flexibility index (Phi) is 1.25. The minimum atomic E-state index is 0.624. The van der Waals surface area contributed by atoms with Crippen LogP contribution in [0.4, 0.5) is 0 Å². The summed E-state index contributed by atoms with van der Waals surface area (Å²) >= 11 is 0. The number of rotatable bonds is 0. The Bertz CT molecular complexity index is 131. The lowest BCUT2D eigenvalue weighted by Gasteiger charge is -2.20. The molecule has 0 aromatic carbocycles. The minimum absolute atomic E-state index is 0.624. The number of nitrogens with zero attached hydrogens (tertiary/aromatic N) is 2. The third-order valence-corrected chi connectivity index (χ3v) is 2.42. The fraction of sp³-hybridized carbons (Fsp3) is 1.00. The lowest BCUT2D eigenvalue weighted by molar-refractivity contribution is 0.349. The van der Waals surface area contributed by atoms with Crippen molar-refractivity contribution < 1.29 is 0 Å². The van der Waals surface area contributed by atoms with Crippen molar-refractivity contribution in [2.75, 3.05) is 6.54 Å². The van der Waals surface area contributed by atoms with Crippen molar-refractivity contribution in [2.24, 2.45) is 16.1 Å². The Balaban J connectivity index is 2.03. The molecule has 50 valence electrons. The summed E-state index contributed by atoms with van der Waals surface area (Å²) in [4.78, 5) is 0. The summed E-state index contributed by atoms with van der Waals surface area (Å²) in [5.41, 5.74) is 0. The molecule has 1 heterocycles. The van der Waals surface area contributed by atoms with Crippen LogP contribution in [0.5, 0.6) is 0 Å². The van der Waals surface area contributed by atoms with E-state index in [1.165, 1.54) is 25.7 Å². The van der Waals surface area contributed by atoms with E-state index in [-0.39, 0.29) is 0 Å². The Morgan fingerprint density at radius 3 is 2.89 bits per heavy atom. The zero-order chi connectivity index (χ0) is 6.10. The molecular formula is C7H12N2. The molecule has 2 unspecified atom stereocenters. The molecule has 2 atom stereocenters. The van der Waals surface area contributed by atoms with Crippen LogP contribution in [0.15, 0.2) is 10.2 Å². The molecule has 2 aliphatic rings. The third-order valence-electron chi connectivity index (χ3n) is 2.42. The van der Waals surface area contributed by atoms with E-state index in [1.54, 1.807) is 0 Å². The molecule has 2 heteroatoms. The largest absolute Gasteiger partial charge is 0.194 e. The highest BCUT2D eigenvalue weighted by atomic mass is 15.2. The lowest BCUT2D eigenvalue weighted by atomic mass is 9.86. The average Bonchev–Trinajstić information content (AvgIpc) is 2.33. The molecule has 0 bridgehead atoms. The maximum atomic E-state index is 4.18. The van der Waals surface area contributed by atoms with Gasteiger partial charge in [-0.05, 0) is 12.8 Å². The summed E-state index contributed by atoms with van der Waals surface area (Å²) in [6, 6.07) is 0.624. The van der Waals surface area contributed by atoms with Gasteiger partial charge in [0.2, 0.25) is 0 Å². The van der Waals surface area contributed by atoms with Crippen molar-refractivity contribution in [2.45, 2.75) is 31.7 Å². The molecule has 1 fully saturated rings.